The van der Waals surface area contributed by atoms with Crippen molar-refractivity contribution in [2.75, 3.05) is 64.5 Å². The second-order valence-corrected chi connectivity index (χ2v) is 11.8. The molecule has 39 heavy (non-hydrogen) atoms. The Hall–Kier alpha value is -2.74. The van der Waals surface area contributed by atoms with E-state index in [-0.39, 0.29) is 5.41 Å². The molecule has 0 amide bonds. The molecule has 3 heterocycles. The highest BCUT2D eigenvalue weighted by molar-refractivity contribution is 5.90. The summed E-state index contributed by atoms with van der Waals surface area (Å²) in [4.78, 5) is 15.4. The van der Waals surface area contributed by atoms with Gasteiger partial charge in [0, 0.05) is 56.6 Å². The second-order valence-electron chi connectivity index (χ2n) is 11.8. The van der Waals surface area contributed by atoms with Gasteiger partial charge in [0.15, 0.2) is 0 Å². The Morgan fingerprint density at radius 2 is 1.82 bits per heavy atom. The number of anilines is 1. The maximum atomic E-state index is 5.68. The number of fused-ring (bicyclic) bond motifs is 1. The van der Waals surface area contributed by atoms with Gasteiger partial charge in [0.25, 0.3) is 0 Å². The highest BCUT2D eigenvalue weighted by Gasteiger charge is 2.37. The molecule has 1 aromatic heterocycles. The van der Waals surface area contributed by atoms with Crippen LogP contribution in [0.1, 0.15) is 61.9 Å². The molecule has 1 aliphatic carbocycles. The number of nitrogens with zero attached hydrogens (tertiary/aromatic N) is 4. The minimum absolute atomic E-state index is 0.110. The number of aromatic nitrogens is 2. The average molecular weight is 530 g/mol. The van der Waals surface area contributed by atoms with E-state index in [9.17, 15) is 0 Å². The number of methoxy groups -OCH3 is 1. The van der Waals surface area contributed by atoms with Crippen molar-refractivity contribution in [1.82, 2.24) is 20.2 Å². The lowest BCUT2D eigenvalue weighted by Gasteiger charge is -2.38. The number of ether oxygens (including phenoxy) is 2. The monoisotopic (exact) mass is 529 g/mol. The first-order valence-corrected chi connectivity index (χ1v) is 14.8. The molecule has 3 fully saturated rings. The van der Waals surface area contributed by atoms with Crippen LogP contribution in [-0.2, 0) is 16.7 Å². The molecule has 0 radical (unpaired) electrons. The quantitative estimate of drug-likeness (QED) is 0.396. The Balaban J connectivity index is 1.20. The zero-order valence-electron chi connectivity index (χ0n) is 23.6. The lowest BCUT2D eigenvalue weighted by molar-refractivity contribution is 0.0384. The molecule has 7 heteroatoms. The third kappa shape index (κ3) is 5.76. The maximum absolute atomic E-state index is 5.68. The first-order valence-electron chi connectivity index (χ1n) is 14.8. The van der Waals surface area contributed by atoms with Crippen molar-refractivity contribution in [3.05, 3.63) is 59.4 Å². The fraction of sp³-hybridized carbons (Fsp3) is 0.562. The molecule has 1 saturated carbocycles. The molecule has 7 nitrogen and oxygen atoms in total. The largest absolute Gasteiger partial charge is 0.496 e. The molecule has 2 aliphatic heterocycles. The molecule has 2 saturated heterocycles. The third-order valence-corrected chi connectivity index (χ3v) is 9.15. The van der Waals surface area contributed by atoms with Crippen LogP contribution in [-0.4, -0.2) is 74.5 Å². The van der Waals surface area contributed by atoms with Gasteiger partial charge in [0.1, 0.15) is 17.4 Å². The Morgan fingerprint density at radius 1 is 1.03 bits per heavy atom. The van der Waals surface area contributed by atoms with Crippen LogP contribution in [0.15, 0.2) is 42.5 Å². The zero-order chi connectivity index (χ0) is 26.7. The Morgan fingerprint density at radius 3 is 2.56 bits per heavy atom. The number of benzene rings is 2. The van der Waals surface area contributed by atoms with Gasteiger partial charge in [0.05, 0.1) is 25.8 Å². The standard InChI is InChI=1S/C32H43N5O2/c1-32(12-5-13-32)31-34-28-9-8-24(23-33-14-17-36-18-20-39-21-19-36)22-27(28)30(35-31)37-15-10-25(11-16-37)26-6-3-4-7-29(26)38-2/h3-4,6-9,22,25,33H,5,10-21,23H2,1-2H3. The first kappa shape index (κ1) is 26.5. The number of piperidine rings is 1. The molecule has 0 unspecified atom stereocenters. The Labute approximate surface area is 232 Å². The summed E-state index contributed by atoms with van der Waals surface area (Å²) in [6, 6.07) is 15.3. The average Bonchev–Trinajstić information content (AvgIpc) is 2.98. The van der Waals surface area contributed by atoms with Crippen LogP contribution in [0.4, 0.5) is 5.82 Å². The van der Waals surface area contributed by atoms with Crippen molar-refractivity contribution in [1.29, 1.82) is 0 Å². The topological polar surface area (TPSA) is 62.8 Å². The summed E-state index contributed by atoms with van der Waals surface area (Å²) in [6.07, 6.45) is 5.83. The zero-order valence-corrected chi connectivity index (χ0v) is 23.6. The summed E-state index contributed by atoms with van der Waals surface area (Å²) in [7, 11) is 1.78. The molecule has 1 N–H and O–H groups in total. The van der Waals surface area contributed by atoms with E-state index >= 15 is 0 Å². The predicted octanol–water partition coefficient (Wildman–Crippen LogP) is 4.89. The maximum Gasteiger partial charge on any atom is 0.140 e. The molecule has 3 aliphatic rings. The van der Waals surface area contributed by atoms with Crippen molar-refractivity contribution >= 4 is 16.7 Å². The normalized spacial score (nSPS) is 20.2. The van der Waals surface area contributed by atoms with E-state index in [1.807, 2.05) is 0 Å². The van der Waals surface area contributed by atoms with Gasteiger partial charge in [-0.25, -0.2) is 9.97 Å². The Kier molecular flexibility index (Phi) is 8.00. The number of para-hydroxylation sites is 1. The van der Waals surface area contributed by atoms with Crippen LogP contribution in [0.25, 0.3) is 10.9 Å². The molecular formula is C32H43N5O2. The molecule has 6 rings (SSSR count). The van der Waals surface area contributed by atoms with E-state index in [1.54, 1.807) is 7.11 Å². The van der Waals surface area contributed by atoms with Crippen LogP contribution in [0.2, 0.25) is 0 Å². The van der Waals surface area contributed by atoms with Gasteiger partial charge >= 0.3 is 0 Å². The highest BCUT2D eigenvalue weighted by atomic mass is 16.5. The molecule has 2 aromatic carbocycles. The minimum atomic E-state index is 0.110. The number of rotatable bonds is 9. The molecule has 208 valence electrons. The van der Waals surface area contributed by atoms with Crippen LogP contribution in [0.5, 0.6) is 5.75 Å². The molecule has 0 spiro atoms. The molecule has 0 bridgehead atoms. The summed E-state index contributed by atoms with van der Waals surface area (Å²) >= 11 is 0. The van der Waals surface area contributed by atoms with Crippen LogP contribution in [0, 0.1) is 0 Å². The van der Waals surface area contributed by atoms with Crippen LogP contribution < -0.4 is 15.0 Å². The first-order chi connectivity index (χ1) is 19.1. The summed E-state index contributed by atoms with van der Waals surface area (Å²) in [5.41, 5.74) is 3.81. The summed E-state index contributed by atoms with van der Waals surface area (Å²) in [5.74, 6) is 3.67. The van der Waals surface area contributed by atoms with Gasteiger partial charge in [0.2, 0.25) is 0 Å². The van der Waals surface area contributed by atoms with Gasteiger partial charge in [-0.3, -0.25) is 4.90 Å². The second kappa shape index (κ2) is 11.8. The smallest absolute Gasteiger partial charge is 0.140 e. The van der Waals surface area contributed by atoms with Crippen LogP contribution >= 0.6 is 0 Å². The summed E-state index contributed by atoms with van der Waals surface area (Å²) < 4.78 is 11.2. The number of hydrogen-bond acceptors (Lipinski definition) is 7. The minimum Gasteiger partial charge on any atom is -0.496 e. The lowest BCUT2D eigenvalue weighted by Crippen LogP contribution is -2.40. The van der Waals surface area contributed by atoms with Gasteiger partial charge in [-0.2, -0.15) is 0 Å². The third-order valence-electron chi connectivity index (χ3n) is 9.15. The fourth-order valence-corrected chi connectivity index (χ4v) is 6.41. The van der Waals surface area contributed by atoms with Crippen molar-refractivity contribution in [3.8, 4) is 5.75 Å². The molecule has 3 aromatic rings. The van der Waals surface area contributed by atoms with Crippen molar-refractivity contribution in [2.24, 2.45) is 0 Å². The van der Waals surface area contributed by atoms with E-state index in [1.165, 1.54) is 35.8 Å². The summed E-state index contributed by atoms with van der Waals surface area (Å²) in [5, 5.41) is 4.84. The van der Waals surface area contributed by atoms with Crippen molar-refractivity contribution in [3.63, 3.8) is 0 Å². The molecule has 0 atom stereocenters. The SMILES string of the molecule is COc1ccccc1C1CCN(c2nc(C3(C)CCC3)nc3ccc(CNCCN4CCOCC4)cc23)CC1. The van der Waals surface area contributed by atoms with Gasteiger partial charge in [-0.1, -0.05) is 37.6 Å². The fourth-order valence-electron chi connectivity index (χ4n) is 6.41. The van der Waals surface area contributed by atoms with Crippen molar-refractivity contribution < 1.29 is 9.47 Å². The van der Waals surface area contributed by atoms with E-state index in [0.29, 0.717) is 5.92 Å². The predicted molar refractivity (Wildman–Crippen MR) is 157 cm³/mol. The van der Waals surface area contributed by atoms with Gasteiger partial charge in [-0.05, 0) is 60.9 Å². The van der Waals surface area contributed by atoms with E-state index in [2.05, 4.69) is 64.5 Å². The van der Waals surface area contributed by atoms with E-state index < -0.39 is 0 Å². The number of hydrogen-bond donors (Lipinski definition) is 1. The number of morpholine rings is 1. The van der Waals surface area contributed by atoms with Crippen molar-refractivity contribution in [2.45, 2.75) is 56.9 Å². The van der Waals surface area contributed by atoms with Crippen LogP contribution in [0.3, 0.4) is 0 Å². The van der Waals surface area contributed by atoms with E-state index in [4.69, 9.17) is 19.4 Å². The Bertz CT molecular complexity index is 1260. The van der Waals surface area contributed by atoms with Gasteiger partial charge < -0.3 is 19.7 Å². The number of nitrogens with one attached hydrogen (secondary N) is 1. The van der Waals surface area contributed by atoms with Gasteiger partial charge in [-0.15, -0.1) is 0 Å². The highest BCUT2D eigenvalue weighted by Crippen LogP contribution is 2.43. The summed E-state index contributed by atoms with van der Waals surface area (Å²) in [6.45, 7) is 11.0. The van der Waals surface area contributed by atoms with E-state index in [0.717, 1.165) is 94.8 Å². The lowest BCUT2D eigenvalue weighted by atomic mass is 9.70. The molecular weight excluding hydrogens is 486 g/mol.